The van der Waals surface area contributed by atoms with Gasteiger partial charge in [0.15, 0.2) is 11.5 Å². The standard InChI is InChI=1S/C20H26N2O3/c1-23-19-6-2-4-15-12-17(14-25-20(15)19)21-16-7-9-22(10-8-16)13-18-5-3-11-24-18/h2-6,11,16-17,21H,7-10,12-14H2,1H3/t17-/m0/s1. The maximum atomic E-state index is 5.98. The second kappa shape index (κ2) is 7.50. The summed E-state index contributed by atoms with van der Waals surface area (Å²) in [7, 11) is 1.69. The van der Waals surface area contributed by atoms with Gasteiger partial charge in [-0.05, 0) is 43.0 Å². The summed E-state index contributed by atoms with van der Waals surface area (Å²) in [6.45, 7) is 3.84. The molecule has 0 bridgehead atoms. The van der Waals surface area contributed by atoms with E-state index in [-0.39, 0.29) is 0 Å². The molecule has 1 N–H and O–H groups in total. The van der Waals surface area contributed by atoms with Crippen LogP contribution >= 0.6 is 0 Å². The van der Waals surface area contributed by atoms with Gasteiger partial charge in [-0.3, -0.25) is 4.90 Å². The predicted molar refractivity (Wildman–Crippen MR) is 96.1 cm³/mol. The number of para-hydroxylation sites is 1. The number of rotatable bonds is 5. The summed E-state index contributed by atoms with van der Waals surface area (Å²) >= 11 is 0. The Bertz CT molecular complexity index is 678. The van der Waals surface area contributed by atoms with Crippen LogP contribution in [-0.4, -0.2) is 43.8 Å². The molecule has 2 aliphatic heterocycles. The Hall–Kier alpha value is -1.98. The van der Waals surface area contributed by atoms with Crippen molar-refractivity contribution in [2.75, 3.05) is 26.8 Å². The monoisotopic (exact) mass is 342 g/mol. The van der Waals surface area contributed by atoms with E-state index in [4.69, 9.17) is 13.9 Å². The van der Waals surface area contributed by atoms with Crippen molar-refractivity contribution in [3.63, 3.8) is 0 Å². The van der Waals surface area contributed by atoms with Crippen molar-refractivity contribution in [1.29, 1.82) is 0 Å². The maximum Gasteiger partial charge on any atom is 0.164 e. The molecule has 25 heavy (non-hydrogen) atoms. The van der Waals surface area contributed by atoms with Crippen molar-refractivity contribution in [3.8, 4) is 11.5 Å². The van der Waals surface area contributed by atoms with E-state index in [0.29, 0.717) is 18.7 Å². The summed E-state index contributed by atoms with van der Waals surface area (Å²) in [6, 6.07) is 11.1. The summed E-state index contributed by atoms with van der Waals surface area (Å²) in [5.74, 6) is 2.80. The van der Waals surface area contributed by atoms with Gasteiger partial charge < -0.3 is 19.2 Å². The summed E-state index contributed by atoms with van der Waals surface area (Å²) < 4.78 is 16.8. The molecule has 1 aromatic heterocycles. The fourth-order valence-corrected chi connectivity index (χ4v) is 3.88. The van der Waals surface area contributed by atoms with Crippen molar-refractivity contribution >= 4 is 0 Å². The fraction of sp³-hybridized carbons (Fsp3) is 0.500. The molecule has 0 aliphatic carbocycles. The number of furan rings is 1. The molecule has 1 saturated heterocycles. The summed E-state index contributed by atoms with van der Waals surface area (Å²) in [5.41, 5.74) is 1.23. The third-order valence-corrected chi connectivity index (χ3v) is 5.19. The SMILES string of the molecule is COc1cccc2c1OC[C@@H](NC1CCN(Cc3ccco3)CC1)C2. The lowest BCUT2D eigenvalue weighted by atomic mass is 9.98. The fourth-order valence-electron chi connectivity index (χ4n) is 3.88. The number of methoxy groups -OCH3 is 1. The summed E-state index contributed by atoms with van der Waals surface area (Å²) in [6.07, 6.45) is 5.09. The van der Waals surface area contributed by atoms with Gasteiger partial charge in [-0.2, -0.15) is 0 Å². The van der Waals surface area contributed by atoms with Crippen LogP contribution in [-0.2, 0) is 13.0 Å². The van der Waals surface area contributed by atoms with Gasteiger partial charge in [0.05, 0.1) is 19.9 Å². The van der Waals surface area contributed by atoms with E-state index in [0.717, 1.165) is 43.3 Å². The Morgan fingerprint density at radius 3 is 2.80 bits per heavy atom. The molecule has 5 nitrogen and oxygen atoms in total. The summed E-state index contributed by atoms with van der Waals surface area (Å²) in [4.78, 5) is 2.47. The van der Waals surface area contributed by atoms with Gasteiger partial charge in [0.2, 0.25) is 0 Å². The van der Waals surface area contributed by atoms with Crippen LogP contribution in [0.25, 0.3) is 0 Å². The Labute approximate surface area is 148 Å². The lowest BCUT2D eigenvalue weighted by Crippen LogP contribution is -2.49. The van der Waals surface area contributed by atoms with Gasteiger partial charge in [0, 0.05) is 25.2 Å². The second-order valence-electron chi connectivity index (χ2n) is 6.96. The zero-order chi connectivity index (χ0) is 17.1. The highest BCUT2D eigenvalue weighted by Gasteiger charge is 2.26. The molecule has 0 saturated carbocycles. The van der Waals surface area contributed by atoms with Crippen molar-refractivity contribution in [3.05, 3.63) is 47.9 Å². The quantitative estimate of drug-likeness (QED) is 0.905. The molecule has 1 atom stereocenters. The number of nitrogens with one attached hydrogen (secondary N) is 1. The van der Waals surface area contributed by atoms with Crippen LogP contribution < -0.4 is 14.8 Å². The second-order valence-corrected chi connectivity index (χ2v) is 6.96. The Morgan fingerprint density at radius 2 is 2.04 bits per heavy atom. The first-order valence-corrected chi connectivity index (χ1v) is 9.11. The number of likely N-dealkylation sites (tertiary alicyclic amines) is 1. The van der Waals surface area contributed by atoms with Crippen LogP contribution in [0.15, 0.2) is 41.0 Å². The van der Waals surface area contributed by atoms with Crippen molar-refractivity contribution < 1.29 is 13.9 Å². The molecule has 2 aliphatic rings. The van der Waals surface area contributed by atoms with E-state index in [1.54, 1.807) is 13.4 Å². The highest BCUT2D eigenvalue weighted by atomic mass is 16.5. The van der Waals surface area contributed by atoms with E-state index in [1.165, 1.54) is 18.4 Å². The first-order chi connectivity index (χ1) is 12.3. The van der Waals surface area contributed by atoms with E-state index < -0.39 is 0 Å². The summed E-state index contributed by atoms with van der Waals surface area (Å²) in [5, 5.41) is 3.80. The normalized spacial score (nSPS) is 21.6. The molecule has 5 heteroatoms. The number of piperidine rings is 1. The number of nitrogens with zero attached hydrogens (tertiary/aromatic N) is 1. The Morgan fingerprint density at radius 1 is 1.16 bits per heavy atom. The molecule has 0 radical (unpaired) electrons. The first kappa shape index (κ1) is 16.5. The van der Waals surface area contributed by atoms with E-state index >= 15 is 0 Å². The van der Waals surface area contributed by atoms with Gasteiger partial charge >= 0.3 is 0 Å². The van der Waals surface area contributed by atoms with Gasteiger partial charge in [0.1, 0.15) is 12.4 Å². The third-order valence-electron chi connectivity index (χ3n) is 5.19. The number of benzene rings is 1. The lowest BCUT2D eigenvalue weighted by molar-refractivity contribution is 0.156. The topological polar surface area (TPSA) is 46.9 Å². The lowest BCUT2D eigenvalue weighted by Gasteiger charge is -2.35. The number of hydrogen-bond acceptors (Lipinski definition) is 5. The van der Waals surface area contributed by atoms with Gasteiger partial charge in [0.25, 0.3) is 0 Å². The Kier molecular flexibility index (Phi) is 4.95. The zero-order valence-electron chi connectivity index (χ0n) is 14.7. The minimum atomic E-state index is 0.376. The van der Waals surface area contributed by atoms with Crippen molar-refractivity contribution in [2.24, 2.45) is 0 Å². The van der Waals surface area contributed by atoms with Gasteiger partial charge in [-0.15, -0.1) is 0 Å². The van der Waals surface area contributed by atoms with Gasteiger partial charge in [-0.25, -0.2) is 0 Å². The van der Waals surface area contributed by atoms with Crippen molar-refractivity contribution in [1.82, 2.24) is 10.2 Å². The minimum absolute atomic E-state index is 0.376. The van der Waals surface area contributed by atoms with Crippen LogP contribution in [0.4, 0.5) is 0 Å². The molecular weight excluding hydrogens is 316 g/mol. The van der Waals surface area contributed by atoms with Crippen LogP contribution in [0.2, 0.25) is 0 Å². The average Bonchev–Trinajstić information content (AvgIpc) is 3.15. The highest BCUT2D eigenvalue weighted by Crippen LogP contribution is 2.34. The van der Waals surface area contributed by atoms with Crippen LogP contribution in [0, 0.1) is 0 Å². The Balaban J connectivity index is 1.28. The van der Waals surface area contributed by atoms with Crippen LogP contribution in [0.1, 0.15) is 24.2 Å². The number of hydrogen-bond donors (Lipinski definition) is 1. The number of fused-ring (bicyclic) bond motifs is 1. The molecule has 4 rings (SSSR count). The highest BCUT2D eigenvalue weighted by molar-refractivity contribution is 5.48. The first-order valence-electron chi connectivity index (χ1n) is 9.11. The molecule has 0 amide bonds. The third kappa shape index (κ3) is 3.83. The molecule has 1 aromatic carbocycles. The number of ether oxygens (including phenoxy) is 2. The van der Waals surface area contributed by atoms with Crippen LogP contribution in [0.3, 0.4) is 0 Å². The van der Waals surface area contributed by atoms with E-state index in [2.05, 4.69) is 22.3 Å². The molecule has 1 fully saturated rings. The maximum absolute atomic E-state index is 5.98. The zero-order valence-corrected chi connectivity index (χ0v) is 14.7. The largest absolute Gasteiger partial charge is 0.493 e. The molecule has 0 spiro atoms. The minimum Gasteiger partial charge on any atom is -0.493 e. The van der Waals surface area contributed by atoms with E-state index in [1.807, 2.05) is 18.2 Å². The van der Waals surface area contributed by atoms with Crippen molar-refractivity contribution in [2.45, 2.75) is 37.9 Å². The van der Waals surface area contributed by atoms with Crippen LogP contribution in [0.5, 0.6) is 11.5 Å². The van der Waals surface area contributed by atoms with Gasteiger partial charge in [-0.1, -0.05) is 12.1 Å². The molecular formula is C20H26N2O3. The molecule has 134 valence electrons. The average molecular weight is 342 g/mol. The molecule has 0 unspecified atom stereocenters. The predicted octanol–water partition coefficient (Wildman–Crippen LogP) is 2.85. The van der Waals surface area contributed by atoms with E-state index in [9.17, 15) is 0 Å². The smallest absolute Gasteiger partial charge is 0.164 e. The molecule has 3 heterocycles. The molecule has 2 aromatic rings.